The van der Waals surface area contributed by atoms with Crippen molar-refractivity contribution in [1.82, 2.24) is 5.32 Å². The van der Waals surface area contributed by atoms with Gasteiger partial charge in [-0.25, -0.2) is 4.79 Å². The number of amides is 1. The third-order valence-electron chi connectivity index (χ3n) is 3.97. The van der Waals surface area contributed by atoms with Crippen LogP contribution in [0.5, 0.6) is 0 Å². The molecule has 21 heavy (non-hydrogen) atoms. The van der Waals surface area contributed by atoms with Gasteiger partial charge in [-0.05, 0) is 30.5 Å². The summed E-state index contributed by atoms with van der Waals surface area (Å²) >= 11 is 0. The predicted molar refractivity (Wildman–Crippen MR) is 76.7 cm³/mol. The first kappa shape index (κ1) is 15.0. The SMILES string of the molecule is N#CCc1ccc(C(=O)NC2(C(=O)O)CCCCC2)cc1. The fraction of sp³-hybridized carbons (Fsp3) is 0.438. The Balaban J connectivity index is 2.12. The molecule has 0 heterocycles. The number of carboxylic acid groups (broad SMARTS) is 1. The van der Waals surface area contributed by atoms with E-state index in [0.29, 0.717) is 24.8 Å². The van der Waals surface area contributed by atoms with E-state index in [-0.39, 0.29) is 5.91 Å². The Morgan fingerprint density at radius 3 is 2.33 bits per heavy atom. The second kappa shape index (κ2) is 6.40. The van der Waals surface area contributed by atoms with E-state index in [2.05, 4.69) is 5.32 Å². The highest BCUT2D eigenvalue weighted by molar-refractivity contribution is 5.97. The molecule has 0 aliphatic heterocycles. The normalized spacial score (nSPS) is 16.7. The molecule has 0 unspecified atom stereocenters. The number of rotatable bonds is 4. The lowest BCUT2D eigenvalue weighted by Crippen LogP contribution is -2.55. The maximum absolute atomic E-state index is 12.3. The van der Waals surface area contributed by atoms with E-state index in [1.807, 2.05) is 6.07 Å². The first-order valence-corrected chi connectivity index (χ1v) is 7.09. The second-order valence-corrected chi connectivity index (χ2v) is 5.43. The van der Waals surface area contributed by atoms with Crippen molar-refractivity contribution < 1.29 is 14.7 Å². The van der Waals surface area contributed by atoms with Crippen LogP contribution in [0, 0.1) is 11.3 Å². The van der Waals surface area contributed by atoms with Gasteiger partial charge in [-0.3, -0.25) is 4.79 Å². The summed E-state index contributed by atoms with van der Waals surface area (Å²) in [5.74, 6) is -1.33. The van der Waals surface area contributed by atoms with Crippen LogP contribution < -0.4 is 5.32 Å². The standard InChI is InChI=1S/C16H18N2O3/c17-11-8-12-4-6-13(7-5-12)14(19)18-16(15(20)21)9-2-1-3-10-16/h4-7H,1-3,8-10H2,(H,18,19)(H,20,21). The number of nitrogens with zero attached hydrogens (tertiary/aromatic N) is 1. The molecule has 1 saturated carbocycles. The van der Waals surface area contributed by atoms with Crippen LogP contribution in [0.25, 0.3) is 0 Å². The average Bonchev–Trinajstić information content (AvgIpc) is 2.49. The average molecular weight is 286 g/mol. The number of hydrogen-bond acceptors (Lipinski definition) is 3. The minimum atomic E-state index is -1.14. The van der Waals surface area contributed by atoms with E-state index in [4.69, 9.17) is 5.26 Å². The maximum Gasteiger partial charge on any atom is 0.329 e. The highest BCUT2D eigenvalue weighted by Crippen LogP contribution is 2.28. The van der Waals surface area contributed by atoms with Crippen LogP contribution >= 0.6 is 0 Å². The van der Waals surface area contributed by atoms with Crippen LogP contribution in [0.4, 0.5) is 0 Å². The molecule has 0 saturated heterocycles. The molecule has 1 aromatic rings. The van der Waals surface area contributed by atoms with Gasteiger partial charge in [0.25, 0.3) is 5.91 Å². The summed E-state index contributed by atoms with van der Waals surface area (Å²) < 4.78 is 0. The summed E-state index contributed by atoms with van der Waals surface area (Å²) in [5.41, 5.74) is 0.114. The number of carbonyl (C=O) groups excluding carboxylic acids is 1. The first-order valence-electron chi connectivity index (χ1n) is 7.09. The van der Waals surface area contributed by atoms with Gasteiger partial charge in [-0.2, -0.15) is 5.26 Å². The second-order valence-electron chi connectivity index (χ2n) is 5.43. The van der Waals surface area contributed by atoms with Crippen molar-refractivity contribution in [1.29, 1.82) is 5.26 Å². The number of nitriles is 1. The van der Waals surface area contributed by atoms with Gasteiger partial charge in [0.15, 0.2) is 0 Å². The van der Waals surface area contributed by atoms with Crippen LogP contribution in [-0.2, 0) is 11.2 Å². The Morgan fingerprint density at radius 2 is 1.81 bits per heavy atom. The minimum Gasteiger partial charge on any atom is -0.480 e. The summed E-state index contributed by atoms with van der Waals surface area (Å²) in [6.07, 6.45) is 3.87. The summed E-state index contributed by atoms with van der Waals surface area (Å²) in [5, 5.41) is 20.8. The zero-order valence-corrected chi connectivity index (χ0v) is 11.8. The maximum atomic E-state index is 12.3. The molecule has 0 spiro atoms. The van der Waals surface area contributed by atoms with E-state index < -0.39 is 11.5 Å². The molecular formula is C16H18N2O3. The van der Waals surface area contributed by atoms with Crippen molar-refractivity contribution in [3.05, 3.63) is 35.4 Å². The van der Waals surface area contributed by atoms with Crippen molar-refractivity contribution in [2.24, 2.45) is 0 Å². The van der Waals surface area contributed by atoms with Crippen LogP contribution in [0.3, 0.4) is 0 Å². The number of benzene rings is 1. The number of aliphatic carboxylic acids is 1. The fourth-order valence-corrected chi connectivity index (χ4v) is 2.70. The van der Waals surface area contributed by atoms with Gasteiger partial charge in [0.1, 0.15) is 5.54 Å². The fourth-order valence-electron chi connectivity index (χ4n) is 2.70. The van der Waals surface area contributed by atoms with Crippen LogP contribution in [0.15, 0.2) is 24.3 Å². The molecule has 110 valence electrons. The molecule has 5 heteroatoms. The molecule has 0 radical (unpaired) electrons. The van der Waals surface area contributed by atoms with Gasteiger partial charge in [-0.15, -0.1) is 0 Å². The van der Waals surface area contributed by atoms with Crippen LogP contribution in [-0.4, -0.2) is 22.5 Å². The van der Waals surface area contributed by atoms with Crippen molar-refractivity contribution in [2.75, 3.05) is 0 Å². The molecule has 2 rings (SSSR count). The van der Waals surface area contributed by atoms with E-state index in [0.717, 1.165) is 24.8 Å². The Kier molecular flexibility index (Phi) is 4.59. The van der Waals surface area contributed by atoms with E-state index >= 15 is 0 Å². The lowest BCUT2D eigenvalue weighted by atomic mass is 9.81. The Morgan fingerprint density at radius 1 is 1.19 bits per heavy atom. The summed E-state index contributed by atoms with van der Waals surface area (Å²) in [6.45, 7) is 0. The predicted octanol–water partition coefficient (Wildman–Crippen LogP) is 2.27. The highest BCUT2D eigenvalue weighted by atomic mass is 16.4. The molecule has 1 aliphatic rings. The zero-order valence-electron chi connectivity index (χ0n) is 11.8. The van der Waals surface area contributed by atoms with Gasteiger partial charge in [0.2, 0.25) is 0 Å². The van der Waals surface area contributed by atoms with Crippen molar-refractivity contribution in [3.8, 4) is 6.07 Å². The van der Waals surface area contributed by atoms with Gasteiger partial charge in [0.05, 0.1) is 12.5 Å². The van der Waals surface area contributed by atoms with Gasteiger partial charge < -0.3 is 10.4 Å². The zero-order chi connectivity index (χ0) is 15.3. The van der Waals surface area contributed by atoms with Gasteiger partial charge >= 0.3 is 5.97 Å². The van der Waals surface area contributed by atoms with Crippen molar-refractivity contribution in [3.63, 3.8) is 0 Å². The van der Waals surface area contributed by atoms with Crippen LogP contribution in [0.2, 0.25) is 0 Å². The first-order chi connectivity index (χ1) is 10.1. The molecule has 0 bridgehead atoms. The molecule has 5 nitrogen and oxygen atoms in total. The molecule has 1 fully saturated rings. The Labute approximate surface area is 123 Å². The minimum absolute atomic E-state index is 0.293. The number of carbonyl (C=O) groups is 2. The van der Waals surface area contributed by atoms with Crippen molar-refractivity contribution in [2.45, 2.75) is 44.1 Å². The molecule has 1 amide bonds. The van der Waals surface area contributed by atoms with E-state index in [1.165, 1.54) is 0 Å². The Hall–Kier alpha value is -2.35. The third-order valence-corrected chi connectivity index (χ3v) is 3.97. The van der Waals surface area contributed by atoms with Crippen molar-refractivity contribution >= 4 is 11.9 Å². The van der Waals surface area contributed by atoms with Gasteiger partial charge in [-0.1, -0.05) is 31.4 Å². The molecular weight excluding hydrogens is 268 g/mol. The molecule has 0 atom stereocenters. The largest absolute Gasteiger partial charge is 0.480 e. The summed E-state index contributed by atoms with van der Waals surface area (Å²) in [7, 11) is 0. The van der Waals surface area contributed by atoms with E-state index in [9.17, 15) is 14.7 Å². The van der Waals surface area contributed by atoms with Gasteiger partial charge in [0, 0.05) is 5.56 Å². The molecule has 2 N–H and O–H groups in total. The summed E-state index contributed by atoms with van der Waals surface area (Å²) in [4.78, 5) is 23.8. The molecule has 1 aliphatic carbocycles. The monoisotopic (exact) mass is 286 g/mol. The summed E-state index contributed by atoms with van der Waals surface area (Å²) in [6, 6.07) is 8.72. The highest BCUT2D eigenvalue weighted by Gasteiger charge is 2.41. The topological polar surface area (TPSA) is 90.2 Å². The van der Waals surface area contributed by atoms with E-state index in [1.54, 1.807) is 24.3 Å². The lowest BCUT2D eigenvalue weighted by molar-refractivity contribution is -0.145. The number of nitrogens with one attached hydrogen (secondary N) is 1. The quantitative estimate of drug-likeness (QED) is 0.888. The number of carboxylic acids is 1. The number of hydrogen-bond donors (Lipinski definition) is 2. The smallest absolute Gasteiger partial charge is 0.329 e. The molecule has 0 aromatic heterocycles. The molecule has 1 aromatic carbocycles. The van der Waals surface area contributed by atoms with Crippen LogP contribution in [0.1, 0.15) is 48.0 Å². The third kappa shape index (κ3) is 3.40. The Bertz CT molecular complexity index is 566. The lowest BCUT2D eigenvalue weighted by Gasteiger charge is -2.34.